The number of morpholine rings is 1. The molecule has 1 heterocycles. The lowest BCUT2D eigenvalue weighted by Gasteiger charge is -2.33. The van der Waals surface area contributed by atoms with Gasteiger partial charge in [-0.2, -0.15) is 0 Å². The number of amides is 1. The molecular weight excluding hydrogens is 481 g/mol. The van der Waals surface area contributed by atoms with Gasteiger partial charge in [-0.25, -0.2) is 13.6 Å². The maximum absolute atomic E-state index is 12.2. The minimum Gasteiger partial charge on any atom is -0.374 e. The fraction of sp³-hybridized carbons (Fsp3) is 0.350. The highest BCUT2D eigenvalue weighted by Gasteiger charge is 2.21. The molecule has 0 unspecified atom stereocenters. The molecule has 2 aromatic carbocycles. The van der Waals surface area contributed by atoms with Crippen LogP contribution in [0.2, 0.25) is 10.0 Å². The van der Waals surface area contributed by atoms with Crippen LogP contribution in [0.15, 0.2) is 52.3 Å². The summed E-state index contributed by atoms with van der Waals surface area (Å²) in [6.07, 6.45) is -0.0977. The van der Waals surface area contributed by atoms with Crippen LogP contribution in [0.4, 0.5) is 0 Å². The second kappa shape index (κ2) is 11.0. The molecule has 0 aliphatic carbocycles. The molecule has 7 nitrogen and oxygen atoms in total. The number of carbonyl (C=O) groups is 1. The van der Waals surface area contributed by atoms with Crippen molar-refractivity contribution in [2.45, 2.75) is 22.4 Å². The number of nitrogens with one attached hydrogen (secondary N) is 1. The molecule has 0 bridgehead atoms. The first kappa shape index (κ1) is 24.3. The van der Waals surface area contributed by atoms with E-state index in [1.807, 2.05) is 12.1 Å². The molecule has 1 fully saturated rings. The molecule has 11 heteroatoms. The van der Waals surface area contributed by atoms with Crippen molar-refractivity contribution in [1.29, 1.82) is 0 Å². The number of sulfonamides is 1. The van der Waals surface area contributed by atoms with E-state index in [0.717, 1.165) is 23.5 Å². The van der Waals surface area contributed by atoms with Crippen molar-refractivity contribution in [2.24, 2.45) is 5.14 Å². The molecule has 3 rings (SSSR count). The van der Waals surface area contributed by atoms with Crippen molar-refractivity contribution in [1.82, 2.24) is 10.2 Å². The van der Waals surface area contributed by atoms with Crippen LogP contribution in [-0.4, -0.2) is 57.3 Å². The molecule has 0 radical (unpaired) electrons. The van der Waals surface area contributed by atoms with Gasteiger partial charge in [-0.05, 0) is 42.0 Å². The number of thioether (sulfide) groups is 1. The van der Waals surface area contributed by atoms with Crippen LogP contribution < -0.4 is 10.5 Å². The van der Waals surface area contributed by atoms with Gasteiger partial charge in [0.15, 0.2) is 0 Å². The number of benzene rings is 2. The number of ether oxygens (including phenoxy) is 1. The number of rotatable bonds is 8. The molecular formula is C20H23Cl2N3O4S2. The number of nitrogens with zero attached hydrogens (tertiary/aromatic N) is 1. The summed E-state index contributed by atoms with van der Waals surface area (Å²) >= 11 is 13.4. The minimum atomic E-state index is -3.72. The highest BCUT2D eigenvalue weighted by atomic mass is 35.5. The Labute approximate surface area is 196 Å². The summed E-state index contributed by atoms with van der Waals surface area (Å²) in [4.78, 5) is 15.3. The number of halogens is 2. The smallest absolute Gasteiger partial charge is 0.238 e. The highest BCUT2D eigenvalue weighted by molar-refractivity contribution is 8.00. The van der Waals surface area contributed by atoms with E-state index < -0.39 is 10.0 Å². The lowest BCUT2D eigenvalue weighted by Crippen LogP contribution is -2.47. The zero-order valence-corrected chi connectivity index (χ0v) is 19.7. The third-order valence-electron chi connectivity index (χ3n) is 4.66. The molecule has 3 N–H and O–H groups in total. The molecule has 31 heavy (non-hydrogen) atoms. The molecule has 1 atom stereocenters. The highest BCUT2D eigenvalue weighted by Crippen LogP contribution is 2.24. The van der Waals surface area contributed by atoms with E-state index in [2.05, 4.69) is 10.2 Å². The SMILES string of the molecule is NS(=O)(=O)c1ccc(SCC(=O)NC[C@H]2CN(Cc3ccc(Cl)c(Cl)c3)CCO2)cc1. The van der Waals surface area contributed by atoms with Crippen LogP contribution in [0.3, 0.4) is 0 Å². The van der Waals surface area contributed by atoms with E-state index in [9.17, 15) is 13.2 Å². The van der Waals surface area contributed by atoms with Gasteiger partial charge in [-0.1, -0.05) is 29.3 Å². The Morgan fingerprint density at radius 2 is 1.94 bits per heavy atom. The average Bonchev–Trinajstić information content (AvgIpc) is 2.73. The topological polar surface area (TPSA) is 102 Å². The van der Waals surface area contributed by atoms with E-state index >= 15 is 0 Å². The zero-order valence-electron chi connectivity index (χ0n) is 16.6. The van der Waals surface area contributed by atoms with Crippen LogP contribution >= 0.6 is 35.0 Å². The molecule has 0 spiro atoms. The van der Waals surface area contributed by atoms with Crippen molar-refractivity contribution in [3.63, 3.8) is 0 Å². The first-order chi connectivity index (χ1) is 14.7. The summed E-state index contributed by atoms with van der Waals surface area (Å²) in [6, 6.07) is 11.7. The second-order valence-corrected chi connectivity index (χ2v) is 10.5. The van der Waals surface area contributed by atoms with Crippen LogP contribution in [0.5, 0.6) is 0 Å². The van der Waals surface area contributed by atoms with E-state index in [1.165, 1.54) is 23.9 Å². The number of hydrogen-bond acceptors (Lipinski definition) is 6. The molecule has 2 aromatic rings. The molecule has 1 aliphatic heterocycles. The van der Waals surface area contributed by atoms with Gasteiger partial charge < -0.3 is 10.1 Å². The average molecular weight is 504 g/mol. The molecule has 0 aromatic heterocycles. The van der Waals surface area contributed by atoms with Gasteiger partial charge in [0.05, 0.1) is 33.4 Å². The number of nitrogens with two attached hydrogens (primary N) is 1. The largest absolute Gasteiger partial charge is 0.374 e. The van der Waals surface area contributed by atoms with Gasteiger partial charge in [0.25, 0.3) is 0 Å². The van der Waals surface area contributed by atoms with Gasteiger partial charge in [-0.3, -0.25) is 9.69 Å². The Bertz CT molecular complexity index is 1020. The van der Waals surface area contributed by atoms with Gasteiger partial charge in [-0.15, -0.1) is 11.8 Å². The summed E-state index contributed by atoms with van der Waals surface area (Å²) < 4.78 is 28.3. The minimum absolute atomic E-state index is 0.0428. The molecule has 1 saturated heterocycles. The summed E-state index contributed by atoms with van der Waals surface area (Å²) in [7, 11) is -3.72. The maximum Gasteiger partial charge on any atom is 0.238 e. The quantitative estimate of drug-likeness (QED) is 0.537. The number of carbonyl (C=O) groups excluding carboxylic acids is 1. The fourth-order valence-electron chi connectivity index (χ4n) is 3.10. The molecule has 1 aliphatic rings. The van der Waals surface area contributed by atoms with E-state index in [4.69, 9.17) is 33.1 Å². The van der Waals surface area contributed by atoms with Gasteiger partial charge in [0, 0.05) is 31.1 Å². The first-order valence-corrected chi connectivity index (χ1v) is 12.8. The second-order valence-electron chi connectivity index (χ2n) is 7.09. The lowest BCUT2D eigenvalue weighted by molar-refractivity contribution is -0.119. The molecule has 1 amide bonds. The summed E-state index contributed by atoms with van der Waals surface area (Å²) in [5.74, 6) is 0.0970. The van der Waals surface area contributed by atoms with Crippen molar-refractivity contribution in [3.05, 3.63) is 58.1 Å². The van der Waals surface area contributed by atoms with Gasteiger partial charge in [0.1, 0.15) is 0 Å². The predicted octanol–water partition coefficient (Wildman–Crippen LogP) is 2.75. The zero-order chi connectivity index (χ0) is 22.4. The van der Waals surface area contributed by atoms with Crippen LogP contribution in [0.1, 0.15) is 5.56 Å². The lowest BCUT2D eigenvalue weighted by atomic mass is 10.2. The van der Waals surface area contributed by atoms with Crippen molar-refractivity contribution in [3.8, 4) is 0 Å². The van der Waals surface area contributed by atoms with E-state index in [1.54, 1.807) is 18.2 Å². The Morgan fingerprint density at radius 3 is 2.61 bits per heavy atom. The van der Waals surface area contributed by atoms with Crippen molar-refractivity contribution >= 4 is 50.9 Å². The summed E-state index contributed by atoms with van der Waals surface area (Å²) in [5.41, 5.74) is 1.07. The van der Waals surface area contributed by atoms with Crippen LogP contribution in [0.25, 0.3) is 0 Å². The standard InChI is InChI=1S/C20H23Cl2N3O4S2/c21-18-6-1-14(9-19(18)22)11-25-7-8-29-15(12-25)10-24-20(26)13-30-16-2-4-17(5-3-16)31(23,27)28/h1-6,9,15H,7-8,10-13H2,(H,24,26)(H2,23,27,28)/t15-/m0/s1. The Kier molecular flexibility index (Phi) is 8.63. The normalized spacial score (nSPS) is 17.5. The van der Waals surface area contributed by atoms with Crippen molar-refractivity contribution in [2.75, 3.05) is 32.0 Å². The number of hydrogen-bond donors (Lipinski definition) is 2. The summed E-state index contributed by atoms with van der Waals surface area (Å²) in [6.45, 7) is 3.24. The molecule has 168 valence electrons. The van der Waals surface area contributed by atoms with Crippen molar-refractivity contribution < 1.29 is 17.9 Å². The van der Waals surface area contributed by atoms with Gasteiger partial charge in [0.2, 0.25) is 15.9 Å². The predicted molar refractivity (Wildman–Crippen MR) is 123 cm³/mol. The number of primary sulfonamides is 1. The van der Waals surface area contributed by atoms with Crippen LogP contribution in [0, 0.1) is 0 Å². The van der Waals surface area contributed by atoms with Gasteiger partial charge >= 0.3 is 0 Å². The summed E-state index contributed by atoms with van der Waals surface area (Å²) in [5, 5.41) is 9.04. The fourth-order valence-corrected chi connectivity index (χ4v) is 4.66. The maximum atomic E-state index is 12.2. The van der Waals surface area contributed by atoms with E-state index in [-0.39, 0.29) is 22.7 Å². The molecule has 0 saturated carbocycles. The van der Waals surface area contributed by atoms with Crippen LogP contribution in [-0.2, 0) is 26.1 Å². The first-order valence-electron chi connectivity index (χ1n) is 9.51. The Hall–Kier alpha value is -1.33. The third kappa shape index (κ3) is 7.64. The monoisotopic (exact) mass is 503 g/mol. The Morgan fingerprint density at radius 1 is 1.19 bits per heavy atom. The Balaban J connectivity index is 1.41. The third-order valence-corrected chi connectivity index (χ3v) is 7.34. The van der Waals surface area contributed by atoms with E-state index in [0.29, 0.717) is 29.7 Å².